The summed E-state index contributed by atoms with van der Waals surface area (Å²) < 4.78 is 37.1. The summed E-state index contributed by atoms with van der Waals surface area (Å²) in [4.78, 5) is 0. The lowest BCUT2D eigenvalue weighted by atomic mass is 9.77. The summed E-state index contributed by atoms with van der Waals surface area (Å²) in [5, 5.41) is 13.2. The fraction of sp³-hybridized carbons (Fsp3) is 0.692. The number of hydrogen-bond acceptors (Lipinski definition) is 4. The topological polar surface area (TPSA) is 49.8 Å². The van der Waals surface area contributed by atoms with Crippen molar-refractivity contribution in [1.29, 1.82) is 0 Å². The first-order valence-corrected chi connectivity index (χ1v) is 6.67. The van der Waals surface area contributed by atoms with E-state index in [4.69, 9.17) is 0 Å². The molecule has 1 atom stereocenters. The van der Waals surface area contributed by atoms with Gasteiger partial charge in [0, 0.05) is 12.6 Å². The maximum absolute atomic E-state index is 12.4. The molecule has 1 aliphatic rings. The van der Waals surface area contributed by atoms with E-state index in [1.54, 1.807) is 0 Å². The SMILES string of the molecule is CC1(C)CCCNC1CNc1ccc(C(F)(F)F)nn1. The summed E-state index contributed by atoms with van der Waals surface area (Å²) in [6.45, 7) is 5.95. The molecule has 0 radical (unpaired) electrons. The van der Waals surface area contributed by atoms with E-state index in [9.17, 15) is 13.2 Å². The Hall–Kier alpha value is -1.37. The van der Waals surface area contributed by atoms with Crippen LogP contribution in [-0.4, -0.2) is 29.3 Å². The van der Waals surface area contributed by atoms with E-state index in [1.807, 2.05) is 0 Å². The zero-order valence-electron chi connectivity index (χ0n) is 11.6. The number of halogens is 3. The monoisotopic (exact) mass is 288 g/mol. The van der Waals surface area contributed by atoms with Crippen LogP contribution in [0.15, 0.2) is 12.1 Å². The molecule has 0 amide bonds. The number of piperidine rings is 1. The van der Waals surface area contributed by atoms with Crippen LogP contribution in [0.3, 0.4) is 0 Å². The van der Waals surface area contributed by atoms with Gasteiger partial charge < -0.3 is 10.6 Å². The van der Waals surface area contributed by atoms with Gasteiger partial charge in [-0.15, -0.1) is 10.2 Å². The van der Waals surface area contributed by atoms with Crippen LogP contribution in [-0.2, 0) is 6.18 Å². The first-order chi connectivity index (χ1) is 9.29. The third-order valence-corrected chi connectivity index (χ3v) is 3.77. The summed E-state index contributed by atoms with van der Waals surface area (Å²) in [6, 6.07) is 2.51. The third kappa shape index (κ3) is 3.59. The quantitative estimate of drug-likeness (QED) is 0.898. The molecule has 2 rings (SSSR count). The Morgan fingerprint density at radius 1 is 1.35 bits per heavy atom. The van der Waals surface area contributed by atoms with Crippen LogP contribution in [0.2, 0.25) is 0 Å². The Kier molecular flexibility index (Phi) is 4.17. The second-order valence-electron chi connectivity index (χ2n) is 5.78. The summed E-state index contributed by atoms with van der Waals surface area (Å²) in [5.74, 6) is 0.362. The Morgan fingerprint density at radius 2 is 2.10 bits per heavy atom. The van der Waals surface area contributed by atoms with E-state index < -0.39 is 11.9 Å². The van der Waals surface area contributed by atoms with Gasteiger partial charge in [0.2, 0.25) is 0 Å². The molecule has 0 aliphatic carbocycles. The predicted octanol–water partition coefficient (Wildman–Crippen LogP) is 2.69. The van der Waals surface area contributed by atoms with Crippen molar-refractivity contribution in [2.45, 2.75) is 38.9 Å². The molecule has 1 aromatic heterocycles. The summed E-state index contributed by atoms with van der Waals surface area (Å²) in [6.07, 6.45) is -2.17. The molecule has 20 heavy (non-hydrogen) atoms. The molecule has 1 saturated heterocycles. The summed E-state index contributed by atoms with van der Waals surface area (Å²) in [5.41, 5.74) is -0.816. The van der Waals surface area contributed by atoms with Gasteiger partial charge in [-0.25, -0.2) is 0 Å². The van der Waals surface area contributed by atoms with Crippen LogP contribution >= 0.6 is 0 Å². The Morgan fingerprint density at radius 3 is 2.65 bits per heavy atom. The maximum atomic E-state index is 12.4. The number of hydrogen-bond donors (Lipinski definition) is 2. The van der Waals surface area contributed by atoms with E-state index in [1.165, 1.54) is 6.07 Å². The molecule has 0 bridgehead atoms. The van der Waals surface area contributed by atoms with Crippen LogP contribution < -0.4 is 10.6 Å². The van der Waals surface area contributed by atoms with E-state index in [2.05, 4.69) is 34.7 Å². The highest BCUT2D eigenvalue weighted by Gasteiger charge is 2.33. The number of rotatable bonds is 3. The van der Waals surface area contributed by atoms with Gasteiger partial charge in [-0.1, -0.05) is 13.8 Å². The summed E-state index contributed by atoms with van der Waals surface area (Å²) in [7, 11) is 0. The minimum absolute atomic E-state index is 0.157. The van der Waals surface area contributed by atoms with Crippen LogP contribution in [0, 0.1) is 5.41 Å². The minimum atomic E-state index is -4.45. The number of alkyl halides is 3. The predicted molar refractivity (Wildman–Crippen MR) is 70.3 cm³/mol. The van der Waals surface area contributed by atoms with Gasteiger partial charge >= 0.3 is 6.18 Å². The smallest absolute Gasteiger partial charge is 0.367 e. The van der Waals surface area contributed by atoms with Crippen LogP contribution in [0.5, 0.6) is 0 Å². The number of aromatic nitrogens is 2. The first kappa shape index (κ1) is 15.0. The molecule has 0 aromatic carbocycles. The van der Waals surface area contributed by atoms with E-state index >= 15 is 0 Å². The van der Waals surface area contributed by atoms with Gasteiger partial charge in [-0.05, 0) is 36.9 Å². The van der Waals surface area contributed by atoms with Gasteiger partial charge in [0.05, 0.1) is 0 Å². The molecule has 7 heteroatoms. The zero-order valence-corrected chi connectivity index (χ0v) is 11.6. The number of nitrogens with zero attached hydrogens (tertiary/aromatic N) is 2. The van der Waals surface area contributed by atoms with E-state index in [-0.39, 0.29) is 11.5 Å². The normalized spacial score (nSPS) is 22.6. The zero-order chi connectivity index (χ0) is 14.8. The molecule has 1 unspecified atom stereocenters. The Labute approximate surface area is 116 Å². The van der Waals surface area contributed by atoms with Crippen molar-refractivity contribution >= 4 is 5.82 Å². The van der Waals surface area contributed by atoms with Crippen molar-refractivity contribution in [3.05, 3.63) is 17.8 Å². The van der Waals surface area contributed by atoms with Gasteiger partial charge in [-0.3, -0.25) is 0 Å². The standard InChI is InChI=1S/C13H19F3N4/c1-12(2)6-3-7-17-10(12)8-18-11-5-4-9(19-20-11)13(14,15)16/h4-5,10,17H,3,6-8H2,1-2H3,(H,18,20). The van der Waals surface area contributed by atoms with Crippen molar-refractivity contribution < 1.29 is 13.2 Å². The van der Waals surface area contributed by atoms with Gasteiger partial charge in [0.15, 0.2) is 5.69 Å². The molecular weight excluding hydrogens is 269 g/mol. The van der Waals surface area contributed by atoms with E-state index in [0.717, 1.165) is 25.5 Å². The van der Waals surface area contributed by atoms with Crippen LogP contribution in [0.4, 0.5) is 19.0 Å². The van der Waals surface area contributed by atoms with Crippen molar-refractivity contribution in [3.8, 4) is 0 Å². The third-order valence-electron chi connectivity index (χ3n) is 3.77. The van der Waals surface area contributed by atoms with Gasteiger partial charge in [0.25, 0.3) is 0 Å². The Balaban J connectivity index is 1.94. The maximum Gasteiger partial charge on any atom is 0.435 e. The Bertz CT molecular complexity index is 442. The highest BCUT2D eigenvalue weighted by atomic mass is 19.4. The van der Waals surface area contributed by atoms with Gasteiger partial charge in [-0.2, -0.15) is 13.2 Å². The molecule has 4 nitrogen and oxygen atoms in total. The lowest BCUT2D eigenvalue weighted by Crippen LogP contribution is -2.50. The average molecular weight is 288 g/mol. The van der Waals surface area contributed by atoms with Crippen molar-refractivity contribution in [3.63, 3.8) is 0 Å². The second kappa shape index (κ2) is 5.55. The molecule has 1 fully saturated rings. The van der Waals surface area contributed by atoms with Crippen molar-refractivity contribution in [2.75, 3.05) is 18.4 Å². The number of anilines is 1. The average Bonchev–Trinajstić information content (AvgIpc) is 2.36. The highest BCUT2D eigenvalue weighted by Crippen LogP contribution is 2.30. The fourth-order valence-corrected chi connectivity index (χ4v) is 2.40. The molecule has 112 valence electrons. The minimum Gasteiger partial charge on any atom is -0.367 e. The second-order valence-corrected chi connectivity index (χ2v) is 5.78. The van der Waals surface area contributed by atoms with Crippen molar-refractivity contribution in [2.24, 2.45) is 5.41 Å². The van der Waals surface area contributed by atoms with E-state index in [0.29, 0.717) is 12.4 Å². The lowest BCUT2D eigenvalue weighted by molar-refractivity contribution is -0.141. The largest absolute Gasteiger partial charge is 0.435 e. The molecule has 2 heterocycles. The lowest BCUT2D eigenvalue weighted by Gasteiger charge is -2.39. The molecule has 0 saturated carbocycles. The summed E-state index contributed by atoms with van der Waals surface area (Å²) >= 11 is 0. The molecular formula is C13H19F3N4. The molecule has 1 aromatic rings. The van der Waals surface area contributed by atoms with Crippen LogP contribution in [0.25, 0.3) is 0 Å². The van der Waals surface area contributed by atoms with Crippen LogP contribution in [0.1, 0.15) is 32.4 Å². The first-order valence-electron chi connectivity index (χ1n) is 6.67. The highest BCUT2D eigenvalue weighted by molar-refractivity contribution is 5.33. The molecule has 0 spiro atoms. The van der Waals surface area contributed by atoms with Gasteiger partial charge in [0.1, 0.15) is 5.82 Å². The fourth-order valence-electron chi connectivity index (χ4n) is 2.40. The number of nitrogens with one attached hydrogen (secondary N) is 2. The molecule has 1 aliphatic heterocycles. The van der Waals surface area contributed by atoms with Crippen molar-refractivity contribution in [1.82, 2.24) is 15.5 Å². The molecule has 2 N–H and O–H groups in total.